The van der Waals surface area contributed by atoms with Gasteiger partial charge < -0.3 is 15.2 Å². The van der Waals surface area contributed by atoms with Crippen LogP contribution in [0.25, 0.3) is 0 Å². The Labute approximate surface area is 122 Å². The zero-order valence-electron chi connectivity index (χ0n) is 11.8. The van der Waals surface area contributed by atoms with Crippen LogP contribution in [0.15, 0.2) is 47.9 Å². The number of nitrogens with one attached hydrogen (secondary N) is 1. The third-order valence-corrected chi connectivity index (χ3v) is 3.20. The minimum Gasteiger partial charge on any atom is -0.507 e. The highest BCUT2D eigenvalue weighted by atomic mass is 16.5. The van der Waals surface area contributed by atoms with E-state index in [0.29, 0.717) is 19.3 Å². The predicted octanol–water partition coefficient (Wildman–Crippen LogP) is 2.76. The summed E-state index contributed by atoms with van der Waals surface area (Å²) in [5.74, 6) is -0.130. The van der Waals surface area contributed by atoms with Crippen LogP contribution in [-0.4, -0.2) is 23.8 Å². The fourth-order valence-corrected chi connectivity index (χ4v) is 2.09. The van der Waals surface area contributed by atoms with Crippen LogP contribution in [0.3, 0.4) is 0 Å². The number of carbonyl (C=O) groups is 2. The van der Waals surface area contributed by atoms with E-state index in [9.17, 15) is 14.7 Å². The van der Waals surface area contributed by atoms with Crippen LogP contribution in [0.2, 0.25) is 0 Å². The molecule has 0 spiro atoms. The van der Waals surface area contributed by atoms with Gasteiger partial charge in [-0.05, 0) is 36.8 Å². The molecule has 0 bridgehead atoms. The molecule has 1 saturated carbocycles. The first-order chi connectivity index (χ1) is 10.1. The van der Waals surface area contributed by atoms with Crippen molar-refractivity contribution in [1.82, 2.24) is 0 Å². The molecule has 1 aliphatic rings. The number of allylic oxidation sites excluding steroid dienone is 2. The second-order valence-corrected chi connectivity index (χ2v) is 4.67. The predicted molar refractivity (Wildman–Crippen MR) is 79.3 cm³/mol. The number of rotatable bonds is 4. The first kappa shape index (κ1) is 14.8. The molecule has 2 N–H and O–H groups in total. The molecule has 0 aromatic heterocycles. The van der Waals surface area contributed by atoms with E-state index in [1.54, 1.807) is 19.2 Å². The van der Waals surface area contributed by atoms with E-state index in [2.05, 4.69) is 5.32 Å². The molecule has 1 fully saturated rings. The van der Waals surface area contributed by atoms with Crippen LogP contribution in [0.1, 0.15) is 19.3 Å². The first-order valence-corrected chi connectivity index (χ1v) is 6.68. The van der Waals surface area contributed by atoms with Crippen molar-refractivity contribution in [3.63, 3.8) is 0 Å². The SMILES string of the molecule is COc1ccc(N/C=C/C(O)=C2C(=O)CCCC2=O)cc1. The van der Waals surface area contributed by atoms with Crippen LogP contribution in [-0.2, 0) is 9.59 Å². The van der Waals surface area contributed by atoms with Gasteiger partial charge in [0.2, 0.25) is 0 Å². The lowest BCUT2D eigenvalue weighted by Crippen LogP contribution is -2.20. The molecule has 2 rings (SSSR count). The molecule has 1 aromatic carbocycles. The lowest BCUT2D eigenvalue weighted by atomic mass is 9.91. The lowest BCUT2D eigenvalue weighted by molar-refractivity contribution is -0.124. The monoisotopic (exact) mass is 287 g/mol. The Balaban J connectivity index is 2.05. The standard InChI is InChI=1S/C16H17NO4/c1-21-12-7-5-11(6-8-12)17-10-9-15(20)16-13(18)3-2-4-14(16)19/h5-10,17,20H,2-4H2,1H3/b10-9+. The normalized spacial score (nSPS) is 15.4. The van der Waals surface area contributed by atoms with Crippen molar-refractivity contribution in [2.75, 3.05) is 12.4 Å². The molecule has 0 atom stereocenters. The van der Waals surface area contributed by atoms with Crippen molar-refractivity contribution >= 4 is 17.3 Å². The van der Waals surface area contributed by atoms with Crippen LogP contribution >= 0.6 is 0 Å². The summed E-state index contributed by atoms with van der Waals surface area (Å²) in [4.78, 5) is 23.3. The van der Waals surface area contributed by atoms with E-state index in [4.69, 9.17) is 4.74 Å². The third kappa shape index (κ3) is 3.72. The van der Waals surface area contributed by atoms with Crippen molar-refractivity contribution in [2.45, 2.75) is 19.3 Å². The fraction of sp³-hybridized carbons (Fsp3) is 0.250. The van der Waals surface area contributed by atoms with Gasteiger partial charge in [-0.3, -0.25) is 9.59 Å². The minimum absolute atomic E-state index is 0.0889. The van der Waals surface area contributed by atoms with Crippen LogP contribution in [0.5, 0.6) is 5.75 Å². The summed E-state index contributed by atoms with van der Waals surface area (Å²) in [5, 5.41) is 12.8. The molecule has 0 radical (unpaired) electrons. The average molecular weight is 287 g/mol. The third-order valence-electron chi connectivity index (χ3n) is 3.20. The number of hydrogen-bond donors (Lipinski definition) is 2. The number of anilines is 1. The average Bonchev–Trinajstić information content (AvgIpc) is 2.48. The zero-order chi connectivity index (χ0) is 15.2. The first-order valence-electron chi connectivity index (χ1n) is 6.68. The maximum absolute atomic E-state index is 11.6. The maximum atomic E-state index is 11.6. The molecule has 1 aromatic rings. The molecule has 5 nitrogen and oxygen atoms in total. The number of hydrogen-bond acceptors (Lipinski definition) is 5. The summed E-state index contributed by atoms with van der Waals surface area (Å²) in [5.41, 5.74) is 0.708. The molecule has 5 heteroatoms. The van der Waals surface area contributed by atoms with E-state index in [0.717, 1.165) is 11.4 Å². The second-order valence-electron chi connectivity index (χ2n) is 4.67. The van der Waals surface area contributed by atoms with Crippen LogP contribution < -0.4 is 10.1 Å². The van der Waals surface area contributed by atoms with Gasteiger partial charge >= 0.3 is 0 Å². The quantitative estimate of drug-likeness (QED) is 0.506. The van der Waals surface area contributed by atoms with Gasteiger partial charge in [0.1, 0.15) is 17.1 Å². The van der Waals surface area contributed by atoms with E-state index in [1.807, 2.05) is 12.1 Å². The molecule has 1 aliphatic carbocycles. The highest BCUT2D eigenvalue weighted by Crippen LogP contribution is 2.20. The Hall–Kier alpha value is -2.56. The highest BCUT2D eigenvalue weighted by Gasteiger charge is 2.25. The number of ether oxygens (including phenoxy) is 1. The summed E-state index contributed by atoms with van der Waals surface area (Å²) in [6.45, 7) is 0. The topological polar surface area (TPSA) is 75.6 Å². The Morgan fingerprint density at radius 3 is 2.38 bits per heavy atom. The van der Waals surface area contributed by atoms with Gasteiger partial charge in [0.25, 0.3) is 0 Å². The van der Waals surface area contributed by atoms with Gasteiger partial charge in [0.05, 0.1) is 7.11 Å². The van der Waals surface area contributed by atoms with Gasteiger partial charge in [-0.1, -0.05) is 0 Å². The van der Waals surface area contributed by atoms with Gasteiger partial charge in [0, 0.05) is 24.7 Å². The molecule has 0 aliphatic heterocycles. The number of aliphatic hydroxyl groups excluding tert-OH is 1. The Bertz CT molecular complexity index is 581. The number of benzene rings is 1. The van der Waals surface area contributed by atoms with Crippen LogP contribution in [0, 0.1) is 0 Å². The number of aliphatic hydroxyl groups is 1. The number of methoxy groups -OCH3 is 1. The van der Waals surface area contributed by atoms with Crippen molar-refractivity contribution in [3.05, 3.63) is 47.9 Å². The molecule has 0 heterocycles. The van der Waals surface area contributed by atoms with Crippen molar-refractivity contribution < 1.29 is 19.4 Å². The van der Waals surface area contributed by atoms with E-state index in [-0.39, 0.29) is 22.9 Å². The Kier molecular flexibility index (Phi) is 4.77. The van der Waals surface area contributed by atoms with Gasteiger partial charge in [-0.15, -0.1) is 0 Å². The number of ketones is 2. The summed E-state index contributed by atoms with van der Waals surface area (Å²) in [6.07, 6.45) is 3.98. The van der Waals surface area contributed by atoms with E-state index >= 15 is 0 Å². The van der Waals surface area contributed by atoms with E-state index in [1.165, 1.54) is 12.3 Å². The maximum Gasteiger partial charge on any atom is 0.170 e. The summed E-state index contributed by atoms with van der Waals surface area (Å²) < 4.78 is 5.05. The molecule has 0 amide bonds. The van der Waals surface area contributed by atoms with E-state index < -0.39 is 0 Å². The molecule has 0 saturated heterocycles. The highest BCUT2D eigenvalue weighted by molar-refractivity contribution is 6.22. The summed E-state index contributed by atoms with van der Waals surface area (Å²) in [7, 11) is 1.59. The molecule has 21 heavy (non-hydrogen) atoms. The number of carbonyl (C=O) groups excluding carboxylic acids is 2. The van der Waals surface area contributed by atoms with Gasteiger partial charge in [-0.2, -0.15) is 0 Å². The lowest BCUT2D eigenvalue weighted by Gasteiger charge is -2.12. The molecule has 110 valence electrons. The fourth-order valence-electron chi connectivity index (χ4n) is 2.09. The minimum atomic E-state index is -0.294. The Morgan fingerprint density at radius 1 is 1.19 bits per heavy atom. The number of Topliss-reactive ketones (excluding diaryl/α,β-unsaturated/α-hetero) is 2. The summed E-state index contributed by atoms with van der Waals surface area (Å²) in [6, 6.07) is 7.21. The van der Waals surface area contributed by atoms with Crippen LogP contribution in [0.4, 0.5) is 5.69 Å². The molecular weight excluding hydrogens is 270 g/mol. The van der Waals surface area contributed by atoms with Gasteiger partial charge in [0.15, 0.2) is 11.6 Å². The zero-order valence-corrected chi connectivity index (χ0v) is 11.8. The van der Waals surface area contributed by atoms with Crippen molar-refractivity contribution in [3.8, 4) is 5.75 Å². The van der Waals surface area contributed by atoms with Crippen molar-refractivity contribution in [1.29, 1.82) is 0 Å². The molecule has 0 unspecified atom stereocenters. The smallest absolute Gasteiger partial charge is 0.170 e. The molecular formula is C16H17NO4. The summed E-state index contributed by atoms with van der Waals surface area (Å²) >= 11 is 0. The Morgan fingerprint density at radius 2 is 1.81 bits per heavy atom. The largest absolute Gasteiger partial charge is 0.507 e. The van der Waals surface area contributed by atoms with Gasteiger partial charge in [-0.25, -0.2) is 0 Å². The van der Waals surface area contributed by atoms with Crippen molar-refractivity contribution in [2.24, 2.45) is 0 Å². The second kappa shape index (κ2) is 6.74.